The number of rotatable bonds is 13. The lowest BCUT2D eigenvalue weighted by Crippen LogP contribution is -2.45. The van der Waals surface area contributed by atoms with E-state index in [4.69, 9.17) is 9.47 Å². The molecular formula is C38H50FN3O6Si. The van der Waals surface area contributed by atoms with Gasteiger partial charge in [0.2, 0.25) is 14.3 Å². The number of hydrogen-bond acceptors (Lipinski definition) is 6. The van der Waals surface area contributed by atoms with Gasteiger partial charge in [-0.1, -0.05) is 60.6 Å². The molecule has 2 fully saturated rings. The Morgan fingerprint density at radius 2 is 1.86 bits per heavy atom. The van der Waals surface area contributed by atoms with Crippen LogP contribution in [0.3, 0.4) is 0 Å². The van der Waals surface area contributed by atoms with Crippen molar-refractivity contribution in [1.82, 2.24) is 4.90 Å². The fraction of sp³-hybridized carbons (Fsp3) is 0.500. The molecule has 9 nitrogen and oxygen atoms in total. The second-order valence-electron chi connectivity index (χ2n) is 14.3. The van der Waals surface area contributed by atoms with Crippen molar-refractivity contribution < 1.29 is 33.1 Å². The van der Waals surface area contributed by atoms with E-state index in [1.165, 1.54) is 10.5 Å². The maximum Gasteiger partial charge on any atom is 0.414 e. The van der Waals surface area contributed by atoms with Crippen molar-refractivity contribution in [3.8, 4) is 0 Å². The molecule has 1 N–H and O–H groups in total. The van der Waals surface area contributed by atoms with E-state index in [2.05, 4.69) is 26.8 Å². The molecular weight excluding hydrogens is 642 g/mol. The number of amides is 3. The fourth-order valence-electron chi connectivity index (χ4n) is 7.67. The highest BCUT2D eigenvalue weighted by Crippen LogP contribution is 2.60. The highest BCUT2D eigenvalue weighted by atomic mass is 28.4. The molecule has 0 aromatic heterocycles. The minimum absolute atomic E-state index is 0.117. The van der Waals surface area contributed by atoms with Gasteiger partial charge >= 0.3 is 6.09 Å². The lowest BCUT2D eigenvalue weighted by Gasteiger charge is -2.31. The lowest BCUT2D eigenvalue weighted by atomic mass is 9.82. The number of hydrogen-bond donors (Lipinski definition) is 1. The molecule has 2 aromatic rings. The monoisotopic (exact) mass is 691 g/mol. The summed E-state index contributed by atoms with van der Waals surface area (Å²) >= 11 is 0. The summed E-state index contributed by atoms with van der Waals surface area (Å²) in [6.45, 7) is 12.4. The zero-order valence-electron chi connectivity index (χ0n) is 29.6. The van der Waals surface area contributed by atoms with Crippen LogP contribution in [-0.2, 0) is 31.2 Å². The van der Waals surface area contributed by atoms with Crippen LogP contribution in [0.2, 0.25) is 18.6 Å². The molecule has 0 saturated carbocycles. The number of allylic oxidation sites excluding steroid dienone is 3. The van der Waals surface area contributed by atoms with E-state index in [0.717, 1.165) is 24.0 Å². The molecule has 2 aromatic carbocycles. The van der Waals surface area contributed by atoms with Crippen molar-refractivity contribution >= 4 is 37.7 Å². The number of anilines is 2. The maximum atomic E-state index is 16.5. The standard InChI is InChI=1S/C38H50FN3O6Si/c1-26(2)11-10-12-27(3)17-18-42-32-16-15-30(41-20-22-47-37(41)46)23-31(32)38(36(42)45)28(4)35(49(5,6)39)33(48-38)24-34(44)40(19-21-43)25-29-13-8-7-9-14-29/h7-9,11,13-17,23,28,33,35,43H,10,12,18-22,24-25H2,1-6H3/b27-17+/t28-,33+,35-,38+/m0/s1. The third kappa shape index (κ3) is 7.53. The third-order valence-corrected chi connectivity index (χ3v) is 12.5. The van der Waals surface area contributed by atoms with Gasteiger partial charge in [-0.05, 0) is 70.5 Å². The summed E-state index contributed by atoms with van der Waals surface area (Å²) in [6, 6.07) is 14.9. The molecule has 0 bridgehead atoms. The number of aliphatic hydroxyl groups is 1. The second-order valence-corrected chi connectivity index (χ2v) is 18.0. The van der Waals surface area contributed by atoms with Gasteiger partial charge in [0.05, 0.1) is 31.4 Å². The van der Waals surface area contributed by atoms with Crippen molar-refractivity contribution in [3.63, 3.8) is 0 Å². The Balaban J connectivity index is 1.52. The van der Waals surface area contributed by atoms with E-state index >= 15 is 4.11 Å². The maximum absolute atomic E-state index is 16.5. The Bertz CT molecular complexity index is 1600. The Morgan fingerprint density at radius 1 is 1.12 bits per heavy atom. The number of aliphatic hydroxyl groups excluding tert-OH is 1. The Labute approximate surface area is 290 Å². The number of ether oxygens (including phenoxy) is 2. The van der Waals surface area contributed by atoms with Crippen LogP contribution >= 0.6 is 0 Å². The molecule has 3 aliphatic heterocycles. The fourth-order valence-corrected chi connectivity index (χ4v) is 10.2. The highest BCUT2D eigenvalue weighted by molar-refractivity contribution is 6.72. The first-order valence-corrected chi connectivity index (χ1v) is 20.2. The predicted octanol–water partition coefficient (Wildman–Crippen LogP) is 6.87. The molecule has 49 heavy (non-hydrogen) atoms. The predicted molar refractivity (Wildman–Crippen MR) is 192 cm³/mol. The van der Waals surface area contributed by atoms with Crippen LogP contribution in [-0.4, -0.2) is 75.3 Å². The molecule has 4 atom stereocenters. The van der Waals surface area contributed by atoms with Gasteiger partial charge in [-0.2, -0.15) is 0 Å². The van der Waals surface area contributed by atoms with Crippen LogP contribution < -0.4 is 9.80 Å². The zero-order chi connectivity index (χ0) is 35.5. The molecule has 1 spiro atoms. The number of cyclic esters (lactones) is 1. The van der Waals surface area contributed by atoms with Gasteiger partial charge in [0.25, 0.3) is 5.91 Å². The van der Waals surface area contributed by atoms with Crippen LogP contribution in [0.15, 0.2) is 71.8 Å². The molecule has 11 heteroatoms. The Kier molecular flexibility index (Phi) is 11.2. The Hall–Kier alpha value is -3.80. The first-order chi connectivity index (χ1) is 23.3. The number of fused-ring (bicyclic) bond motifs is 2. The second kappa shape index (κ2) is 15.0. The molecule has 5 rings (SSSR count). The summed E-state index contributed by atoms with van der Waals surface area (Å²) in [5.74, 6) is -1.17. The van der Waals surface area contributed by atoms with Gasteiger partial charge in [-0.25, -0.2) is 4.79 Å². The van der Waals surface area contributed by atoms with Crippen LogP contribution in [0.25, 0.3) is 0 Å². The molecule has 0 unspecified atom stereocenters. The molecule has 3 aliphatic rings. The molecule has 264 valence electrons. The van der Waals surface area contributed by atoms with Crippen LogP contribution in [0.1, 0.15) is 58.1 Å². The average Bonchev–Trinajstić information content (AvgIpc) is 3.68. The highest BCUT2D eigenvalue weighted by Gasteiger charge is 2.67. The van der Waals surface area contributed by atoms with Crippen LogP contribution in [0.5, 0.6) is 0 Å². The number of halogens is 1. The van der Waals surface area contributed by atoms with E-state index in [-0.39, 0.29) is 38.0 Å². The van der Waals surface area contributed by atoms with Gasteiger partial charge in [-0.3, -0.25) is 14.5 Å². The van der Waals surface area contributed by atoms with Crippen molar-refractivity contribution in [2.24, 2.45) is 5.92 Å². The average molecular weight is 692 g/mol. The zero-order valence-corrected chi connectivity index (χ0v) is 30.6. The third-order valence-electron chi connectivity index (χ3n) is 10.0. The molecule has 3 amide bonds. The van der Waals surface area contributed by atoms with E-state index in [0.29, 0.717) is 36.6 Å². The van der Waals surface area contributed by atoms with Crippen molar-refractivity contribution in [2.75, 3.05) is 42.6 Å². The van der Waals surface area contributed by atoms with Crippen LogP contribution in [0, 0.1) is 5.92 Å². The van der Waals surface area contributed by atoms with Crippen molar-refractivity contribution in [3.05, 3.63) is 83.0 Å². The Morgan fingerprint density at radius 3 is 2.49 bits per heavy atom. The van der Waals surface area contributed by atoms with Gasteiger partial charge in [0.1, 0.15) is 6.61 Å². The summed E-state index contributed by atoms with van der Waals surface area (Å²) in [5, 5.41) is 9.81. The number of benzene rings is 2. The summed E-state index contributed by atoms with van der Waals surface area (Å²) in [7, 11) is -3.54. The van der Waals surface area contributed by atoms with Crippen molar-refractivity contribution in [2.45, 2.75) is 83.8 Å². The first-order valence-electron chi connectivity index (χ1n) is 17.3. The quantitative estimate of drug-likeness (QED) is 0.140. The molecule has 0 aliphatic carbocycles. The summed E-state index contributed by atoms with van der Waals surface area (Å²) in [4.78, 5) is 46.1. The number of carbonyl (C=O) groups is 3. The van der Waals surface area contributed by atoms with Gasteiger partial charge in [0.15, 0.2) is 5.60 Å². The number of carbonyl (C=O) groups excluding carboxylic acids is 3. The molecule has 3 heterocycles. The molecule has 0 radical (unpaired) electrons. The molecule has 2 saturated heterocycles. The van der Waals surface area contributed by atoms with E-state index < -0.39 is 37.7 Å². The van der Waals surface area contributed by atoms with E-state index in [9.17, 15) is 19.5 Å². The lowest BCUT2D eigenvalue weighted by molar-refractivity contribution is -0.149. The summed E-state index contributed by atoms with van der Waals surface area (Å²) in [6.07, 6.45) is 4.53. The van der Waals surface area contributed by atoms with Gasteiger partial charge in [-0.15, -0.1) is 0 Å². The first kappa shape index (κ1) is 36.5. The van der Waals surface area contributed by atoms with E-state index in [1.54, 1.807) is 29.0 Å². The topological polar surface area (TPSA) is 99.6 Å². The summed E-state index contributed by atoms with van der Waals surface area (Å²) < 4.78 is 28.5. The SMILES string of the molecule is CC(C)=CCC/C(C)=C/CN1C(=O)[C@]2(O[C@H](CC(=O)N(CCO)Cc3ccccc3)[C@@H]([Si](C)(C)F)[C@@H]2C)c2cc(N3CCOC3=O)ccc21. The normalized spacial score (nSPS) is 23.7. The number of nitrogens with zero attached hydrogens (tertiary/aromatic N) is 3. The van der Waals surface area contributed by atoms with Gasteiger partial charge < -0.3 is 28.5 Å². The van der Waals surface area contributed by atoms with E-state index in [1.807, 2.05) is 55.5 Å². The van der Waals surface area contributed by atoms with Crippen molar-refractivity contribution in [1.29, 1.82) is 0 Å². The van der Waals surface area contributed by atoms with Gasteiger partial charge in [0, 0.05) is 42.3 Å². The minimum Gasteiger partial charge on any atom is -0.447 e. The minimum atomic E-state index is -3.54. The largest absolute Gasteiger partial charge is 0.447 e. The summed E-state index contributed by atoms with van der Waals surface area (Å²) in [5.41, 5.74) is 2.88. The van der Waals surface area contributed by atoms with Crippen LogP contribution in [0.4, 0.5) is 20.3 Å². The smallest absolute Gasteiger partial charge is 0.414 e.